The zero-order valence-corrected chi connectivity index (χ0v) is 15.6. The third-order valence-corrected chi connectivity index (χ3v) is 4.85. The van der Waals surface area contributed by atoms with Crippen LogP contribution in [0, 0.1) is 5.82 Å². The highest BCUT2D eigenvalue weighted by Crippen LogP contribution is 2.17. The van der Waals surface area contributed by atoms with Gasteiger partial charge in [-0.05, 0) is 38.4 Å². The van der Waals surface area contributed by atoms with E-state index in [-0.39, 0.29) is 17.1 Å². The van der Waals surface area contributed by atoms with Crippen molar-refractivity contribution in [3.05, 3.63) is 51.2 Å². The number of halogens is 1. The molecule has 27 heavy (non-hydrogen) atoms. The van der Waals surface area contributed by atoms with Gasteiger partial charge in [0.25, 0.3) is 5.56 Å². The van der Waals surface area contributed by atoms with Gasteiger partial charge in [0.05, 0.1) is 0 Å². The van der Waals surface area contributed by atoms with Gasteiger partial charge in [0.2, 0.25) is 0 Å². The molecule has 0 saturated carbocycles. The van der Waals surface area contributed by atoms with Crippen molar-refractivity contribution in [2.45, 2.75) is 32.9 Å². The third-order valence-electron chi connectivity index (χ3n) is 4.85. The second-order valence-corrected chi connectivity index (χ2v) is 6.58. The summed E-state index contributed by atoms with van der Waals surface area (Å²) >= 11 is 0. The molecule has 9 heteroatoms. The average molecular weight is 375 g/mol. The lowest BCUT2D eigenvalue weighted by Gasteiger charge is -2.35. The second kappa shape index (κ2) is 8.90. The van der Waals surface area contributed by atoms with Crippen molar-refractivity contribution in [3.8, 4) is 0 Å². The highest BCUT2D eigenvalue weighted by molar-refractivity contribution is 5.40. The molecule has 0 amide bonds. The van der Waals surface area contributed by atoms with Crippen LogP contribution in [0.1, 0.15) is 19.8 Å². The molecular weight excluding hydrogens is 350 g/mol. The first-order valence-corrected chi connectivity index (χ1v) is 9.35. The molecule has 1 aliphatic heterocycles. The van der Waals surface area contributed by atoms with Crippen LogP contribution in [0.15, 0.2) is 34.1 Å². The number of hydrogen-bond acceptors (Lipinski definition) is 6. The number of piperazine rings is 1. The van der Waals surface area contributed by atoms with Crippen molar-refractivity contribution in [1.82, 2.24) is 24.2 Å². The summed E-state index contributed by atoms with van der Waals surface area (Å²) in [6.07, 6.45) is 4.55. The SMILES string of the molecule is CCn1c(=O)cnn(CCCCN2CCN(c3ncccc3[18F])CC2)c1=O. The summed E-state index contributed by atoms with van der Waals surface area (Å²) in [4.78, 5) is 32.1. The molecule has 3 rings (SSSR count). The van der Waals surface area contributed by atoms with E-state index < -0.39 is 0 Å². The molecule has 0 radical (unpaired) electrons. The van der Waals surface area contributed by atoms with Crippen LogP contribution < -0.4 is 16.1 Å². The lowest BCUT2D eigenvalue weighted by molar-refractivity contribution is 0.249. The molecule has 0 atom stereocenters. The fraction of sp³-hybridized carbons (Fsp3) is 0.556. The summed E-state index contributed by atoms with van der Waals surface area (Å²) in [6, 6.07) is 3.04. The van der Waals surface area contributed by atoms with Crippen molar-refractivity contribution in [3.63, 3.8) is 0 Å². The fourth-order valence-corrected chi connectivity index (χ4v) is 3.31. The van der Waals surface area contributed by atoms with Crippen LogP contribution in [-0.2, 0) is 13.1 Å². The number of aryl methyl sites for hydroxylation is 1. The fourth-order valence-electron chi connectivity index (χ4n) is 3.31. The van der Waals surface area contributed by atoms with Crippen LogP contribution in [-0.4, -0.2) is 57.0 Å². The van der Waals surface area contributed by atoms with Crippen LogP contribution in [0.3, 0.4) is 0 Å². The Kier molecular flexibility index (Phi) is 6.33. The van der Waals surface area contributed by atoms with Crippen LogP contribution in [0.5, 0.6) is 0 Å². The van der Waals surface area contributed by atoms with Crippen LogP contribution in [0.25, 0.3) is 0 Å². The molecule has 8 nitrogen and oxygen atoms in total. The van der Waals surface area contributed by atoms with E-state index in [2.05, 4.69) is 15.0 Å². The van der Waals surface area contributed by atoms with E-state index in [1.54, 1.807) is 19.2 Å². The van der Waals surface area contributed by atoms with Gasteiger partial charge in [-0.2, -0.15) is 5.10 Å². The molecular formula is C18H25FN6O2. The summed E-state index contributed by atoms with van der Waals surface area (Å²) < 4.78 is 16.4. The van der Waals surface area contributed by atoms with Gasteiger partial charge in [-0.3, -0.25) is 14.3 Å². The minimum absolute atomic E-state index is 0.280. The summed E-state index contributed by atoms with van der Waals surface area (Å²) in [5, 5.41) is 3.93. The van der Waals surface area contributed by atoms with Gasteiger partial charge in [0.1, 0.15) is 6.20 Å². The molecule has 1 aliphatic rings. The summed E-state index contributed by atoms with van der Waals surface area (Å²) in [5.74, 6) is 0.144. The molecule has 0 bridgehead atoms. The van der Waals surface area contributed by atoms with Crippen molar-refractivity contribution < 1.29 is 4.39 Å². The number of aromatic nitrogens is 4. The molecule has 0 N–H and O–H groups in total. The average Bonchev–Trinajstić information content (AvgIpc) is 2.68. The highest BCUT2D eigenvalue weighted by atomic mass is 18.2. The maximum absolute atomic E-state index is 13.8. The van der Waals surface area contributed by atoms with E-state index in [0.717, 1.165) is 45.6 Å². The van der Waals surface area contributed by atoms with Gasteiger partial charge >= 0.3 is 5.69 Å². The number of unbranched alkanes of at least 4 members (excludes halogenated alkanes) is 1. The predicted octanol–water partition coefficient (Wildman–Crippen LogP) is 0.561. The topological polar surface area (TPSA) is 76.3 Å². The second-order valence-electron chi connectivity index (χ2n) is 6.58. The Morgan fingerprint density at radius 2 is 1.85 bits per heavy atom. The zero-order chi connectivity index (χ0) is 19.2. The normalized spacial score (nSPS) is 15.3. The van der Waals surface area contributed by atoms with E-state index in [1.165, 1.54) is 21.5 Å². The number of anilines is 1. The molecule has 2 aromatic rings. The number of rotatable bonds is 7. The standard InChI is InChI=1S/C18H25FN6O2/c1-2-24-16(26)14-21-25(18(24)27)9-4-3-8-22-10-12-23(13-11-22)17-15(19)6-5-7-20-17/h5-7,14H,2-4,8-13H2,1H3/i19-1. The zero-order valence-electron chi connectivity index (χ0n) is 15.6. The third kappa shape index (κ3) is 4.60. The minimum atomic E-state index is -0.360. The van der Waals surface area contributed by atoms with Gasteiger partial charge in [0.15, 0.2) is 11.6 Å². The smallest absolute Gasteiger partial charge is 0.347 e. The number of pyridine rings is 1. The van der Waals surface area contributed by atoms with E-state index in [0.29, 0.717) is 18.9 Å². The van der Waals surface area contributed by atoms with Crippen LogP contribution >= 0.6 is 0 Å². The van der Waals surface area contributed by atoms with Gasteiger partial charge < -0.3 is 4.90 Å². The Balaban J connectivity index is 1.43. The van der Waals surface area contributed by atoms with E-state index in [9.17, 15) is 14.0 Å². The Bertz CT molecular complexity index is 873. The molecule has 1 fully saturated rings. The molecule has 146 valence electrons. The molecule has 0 unspecified atom stereocenters. The Labute approximate surface area is 156 Å². The summed E-state index contributed by atoms with van der Waals surface area (Å²) in [5.41, 5.74) is -0.711. The Hall–Kier alpha value is -2.55. The summed E-state index contributed by atoms with van der Waals surface area (Å²) in [7, 11) is 0. The molecule has 0 aromatic carbocycles. The molecule has 3 heterocycles. The first-order chi connectivity index (χ1) is 13.1. The molecule has 2 aromatic heterocycles. The van der Waals surface area contributed by atoms with Crippen LogP contribution in [0.4, 0.5) is 10.2 Å². The minimum Gasteiger partial charge on any atom is -0.352 e. The van der Waals surface area contributed by atoms with Crippen LogP contribution in [0.2, 0.25) is 0 Å². The maximum atomic E-state index is 13.8. The first-order valence-electron chi connectivity index (χ1n) is 9.35. The van der Waals surface area contributed by atoms with Gasteiger partial charge in [0, 0.05) is 45.5 Å². The van der Waals surface area contributed by atoms with E-state index in [1.807, 2.05) is 4.90 Å². The van der Waals surface area contributed by atoms with Crippen molar-refractivity contribution >= 4 is 5.82 Å². The predicted molar refractivity (Wildman–Crippen MR) is 101 cm³/mol. The first kappa shape index (κ1) is 19.2. The van der Waals surface area contributed by atoms with Gasteiger partial charge in [-0.25, -0.2) is 18.9 Å². The lowest BCUT2D eigenvalue weighted by atomic mass is 10.2. The monoisotopic (exact) mass is 375 g/mol. The summed E-state index contributed by atoms with van der Waals surface area (Å²) in [6.45, 7) is 6.74. The van der Waals surface area contributed by atoms with Crippen molar-refractivity contribution in [2.24, 2.45) is 0 Å². The molecule has 1 saturated heterocycles. The van der Waals surface area contributed by atoms with Crippen molar-refractivity contribution in [1.29, 1.82) is 0 Å². The Morgan fingerprint density at radius 3 is 2.56 bits per heavy atom. The van der Waals surface area contributed by atoms with E-state index in [4.69, 9.17) is 0 Å². The van der Waals surface area contributed by atoms with E-state index >= 15 is 0 Å². The van der Waals surface area contributed by atoms with Gasteiger partial charge in [-0.15, -0.1) is 0 Å². The lowest BCUT2D eigenvalue weighted by Crippen LogP contribution is -2.47. The highest BCUT2D eigenvalue weighted by Gasteiger charge is 2.19. The quantitative estimate of drug-likeness (QED) is 0.659. The Morgan fingerprint density at radius 1 is 1.11 bits per heavy atom. The van der Waals surface area contributed by atoms with Gasteiger partial charge in [-0.1, -0.05) is 0 Å². The largest absolute Gasteiger partial charge is 0.352 e. The number of hydrogen-bond donors (Lipinski definition) is 0. The van der Waals surface area contributed by atoms with Crippen molar-refractivity contribution in [2.75, 3.05) is 37.6 Å². The molecule has 0 aliphatic carbocycles. The maximum Gasteiger partial charge on any atom is 0.347 e. The number of nitrogens with zero attached hydrogens (tertiary/aromatic N) is 6. The molecule has 0 spiro atoms.